The van der Waals surface area contributed by atoms with Gasteiger partial charge in [-0.2, -0.15) is 0 Å². The molecule has 2 aromatic carbocycles. The van der Waals surface area contributed by atoms with E-state index in [-0.39, 0.29) is 6.04 Å². The van der Waals surface area contributed by atoms with Gasteiger partial charge in [-0.15, -0.1) is 0 Å². The maximum Gasteiger partial charge on any atom is 0.248 e. The molecule has 0 bridgehead atoms. The number of amides is 1. The minimum Gasteiger partial charge on any atom is -0.377 e. The van der Waals surface area contributed by atoms with Crippen molar-refractivity contribution in [2.45, 2.75) is 26.8 Å². The van der Waals surface area contributed by atoms with E-state index in [0.717, 1.165) is 0 Å². The number of anilines is 1. The summed E-state index contributed by atoms with van der Waals surface area (Å²) in [7, 11) is 0. The fourth-order valence-corrected chi connectivity index (χ4v) is 2.58. The van der Waals surface area contributed by atoms with E-state index >= 15 is 0 Å². The Kier molecular flexibility index (Phi) is 4.53. The molecule has 0 spiro atoms. The van der Waals surface area contributed by atoms with E-state index in [1.807, 2.05) is 0 Å². The van der Waals surface area contributed by atoms with E-state index in [9.17, 15) is 4.79 Å². The summed E-state index contributed by atoms with van der Waals surface area (Å²) >= 11 is 6.18. The Bertz CT molecular complexity index is 682. The molecule has 3 N–H and O–H groups in total. The highest BCUT2D eigenvalue weighted by atomic mass is 35.5. The van der Waals surface area contributed by atoms with Gasteiger partial charge in [0.15, 0.2) is 0 Å². The zero-order valence-corrected chi connectivity index (χ0v) is 13.2. The second-order valence-electron chi connectivity index (χ2n) is 5.28. The molecule has 0 fully saturated rings. The van der Waals surface area contributed by atoms with Crippen LogP contribution in [0.2, 0.25) is 5.02 Å². The number of halogens is 1. The second-order valence-corrected chi connectivity index (χ2v) is 5.69. The first kappa shape index (κ1) is 15.4. The molecule has 3 nitrogen and oxygen atoms in total. The average molecular weight is 303 g/mol. The van der Waals surface area contributed by atoms with E-state index in [0.29, 0.717) is 16.3 Å². The third-order valence-electron chi connectivity index (χ3n) is 3.51. The largest absolute Gasteiger partial charge is 0.377 e. The fraction of sp³-hybridized carbons (Fsp3) is 0.235. The number of primary amides is 1. The standard InChI is InChI=1S/C17H19ClN2O/c1-10-4-6-14(11(2)8-10)12(3)20-16-9-13(17(19)21)5-7-15(16)18/h4-9,12,20H,1-3H3,(H2,19,21). The number of hydrogen-bond acceptors (Lipinski definition) is 2. The molecular weight excluding hydrogens is 284 g/mol. The molecule has 1 amide bonds. The molecule has 21 heavy (non-hydrogen) atoms. The van der Waals surface area contributed by atoms with Crippen molar-refractivity contribution in [1.29, 1.82) is 0 Å². The average Bonchev–Trinajstić information content (AvgIpc) is 2.40. The molecule has 0 aliphatic carbocycles. The molecule has 0 aliphatic heterocycles. The van der Waals surface area contributed by atoms with Crippen molar-refractivity contribution >= 4 is 23.2 Å². The van der Waals surface area contributed by atoms with Crippen molar-refractivity contribution in [3.63, 3.8) is 0 Å². The van der Waals surface area contributed by atoms with Crippen LogP contribution < -0.4 is 11.1 Å². The third kappa shape index (κ3) is 3.56. The highest BCUT2D eigenvalue weighted by Gasteiger charge is 2.12. The van der Waals surface area contributed by atoms with Crippen LogP contribution in [0.15, 0.2) is 36.4 Å². The Morgan fingerprint density at radius 1 is 1.19 bits per heavy atom. The first-order valence-electron chi connectivity index (χ1n) is 6.81. The molecule has 2 aromatic rings. The molecule has 2 rings (SSSR count). The summed E-state index contributed by atoms with van der Waals surface area (Å²) in [4.78, 5) is 11.3. The van der Waals surface area contributed by atoms with Gasteiger partial charge in [0, 0.05) is 11.6 Å². The third-order valence-corrected chi connectivity index (χ3v) is 3.84. The number of benzene rings is 2. The number of carbonyl (C=O) groups is 1. The van der Waals surface area contributed by atoms with Crippen LogP contribution in [0.1, 0.15) is 40.0 Å². The molecule has 110 valence electrons. The Balaban J connectivity index is 2.28. The van der Waals surface area contributed by atoms with Gasteiger partial charge < -0.3 is 11.1 Å². The summed E-state index contributed by atoms with van der Waals surface area (Å²) in [6, 6.07) is 11.4. The zero-order chi connectivity index (χ0) is 15.6. The lowest BCUT2D eigenvalue weighted by Gasteiger charge is -2.19. The van der Waals surface area contributed by atoms with Crippen LogP contribution in [-0.2, 0) is 0 Å². The highest BCUT2D eigenvalue weighted by Crippen LogP contribution is 2.28. The maximum atomic E-state index is 11.3. The van der Waals surface area contributed by atoms with Gasteiger partial charge in [-0.3, -0.25) is 4.79 Å². The van der Waals surface area contributed by atoms with E-state index in [1.54, 1.807) is 18.2 Å². The van der Waals surface area contributed by atoms with Crippen molar-refractivity contribution in [2.75, 3.05) is 5.32 Å². The first-order chi connectivity index (χ1) is 9.88. The van der Waals surface area contributed by atoms with E-state index in [2.05, 4.69) is 44.3 Å². The SMILES string of the molecule is Cc1ccc(C(C)Nc2cc(C(N)=O)ccc2Cl)c(C)c1. The number of nitrogens with one attached hydrogen (secondary N) is 1. The second kappa shape index (κ2) is 6.19. The predicted molar refractivity (Wildman–Crippen MR) is 87.9 cm³/mol. The van der Waals surface area contributed by atoms with Gasteiger partial charge in [-0.25, -0.2) is 0 Å². The Morgan fingerprint density at radius 3 is 2.52 bits per heavy atom. The van der Waals surface area contributed by atoms with Gasteiger partial charge >= 0.3 is 0 Å². The molecule has 0 saturated carbocycles. The van der Waals surface area contributed by atoms with Gasteiger partial charge in [0.2, 0.25) is 5.91 Å². The van der Waals surface area contributed by atoms with Gasteiger partial charge in [-0.05, 0) is 50.1 Å². The van der Waals surface area contributed by atoms with Gasteiger partial charge in [0.05, 0.1) is 10.7 Å². The number of aryl methyl sites for hydroxylation is 2. The van der Waals surface area contributed by atoms with Gasteiger partial charge in [0.1, 0.15) is 0 Å². The summed E-state index contributed by atoms with van der Waals surface area (Å²) in [5, 5.41) is 3.91. The highest BCUT2D eigenvalue weighted by molar-refractivity contribution is 6.33. The van der Waals surface area contributed by atoms with Crippen LogP contribution in [0.5, 0.6) is 0 Å². The minimum absolute atomic E-state index is 0.0752. The maximum absolute atomic E-state index is 11.3. The van der Waals surface area contributed by atoms with E-state index in [4.69, 9.17) is 17.3 Å². The Labute approximate surface area is 130 Å². The van der Waals surface area contributed by atoms with Crippen LogP contribution in [0.4, 0.5) is 5.69 Å². The molecule has 1 unspecified atom stereocenters. The summed E-state index contributed by atoms with van der Waals surface area (Å²) < 4.78 is 0. The van der Waals surface area contributed by atoms with Crippen LogP contribution >= 0.6 is 11.6 Å². The van der Waals surface area contributed by atoms with E-state index < -0.39 is 5.91 Å². The molecular formula is C17H19ClN2O. The molecule has 1 atom stereocenters. The number of nitrogens with two attached hydrogens (primary N) is 1. The Morgan fingerprint density at radius 2 is 1.90 bits per heavy atom. The van der Waals surface area contributed by atoms with Gasteiger partial charge in [0.25, 0.3) is 0 Å². The summed E-state index contributed by atoms with van der Waals surface area (Å²) in [5.41, 5.74) is 10.1. The molecule has 0 saturated heterocycles. The van der Waals surface area contributed by atoms with Crippen LogP contribution in [0.25, 0.3) is 0 Å². The van der Waals surface area contributed by atoms with Crippen molar-refractivity contribution in [3.05, 3.63) is 63.7 Å². The summed E-state index contributed by atoms with van der Waals surface area (Å²) in [6.07, 6.45) is 0. The number of rotatable bonds is 4. The summed E-state index contributed by atoms with van der Waals surface area (Å²) in [6.45, 7) is 6.22. The minimum atomic E-state index is -0.464. The number of hydrogen-bond donors (Lipinski definition) is 2. The predicted octanol–water partition coefficient (Wildman–Crippen LogP) is 4.23. The van der Waals surface area contributed by atoms with Crippen molar-refractivity contribution in [2.24, 2.45) is 5.73 Å². The first-order valence-corrected chi connectivity index (χ1v) is 7.19. The lowest BCUT2D eigenvalue weighted by molar-refractivity contribution is 0.100. The Hall–Kier alpha value is -2.00. The molecule has 0 aromatic heterocycles. The lowest BCUT2D eigenvalue weighted by atomic mass is 10.00. The number of carbonyl (C=O) groups excluding carboxylic acids is 1. The van der Waals surface area contributed by atoms with Crippen LogP contribution in [-0.4, -0.2) is 5.91 Å². The van der Waals surface area contributed by atoms with Crippen molar-refractivity contribution in [1.82, 2.24) is 0 Å². The molecule has 4 heteroatoms. The fourth-order valence-electron chi connectivity index (χ4n) is 2.41. The van der Waals surface area contributed by atoms with Crippen LogP contribution in [0.3, 0.4) is 0 Å². The topological polar surface area (TPSA) is 55.1 Å². The molecule has 0 aliphatic rings. The smallest absolute Gasteiger partial charge is 0.248 e. The van der Waals surface area contributed by atoms with Crippen molar-refractivity contribution < 1.29 is 4.79 Å². The normalized spacial score (nSPS) is 12.0. The lowest BCUT2D eigenvalue weighted by Crippen LogP contribution is -2.13. The monoisotopic (exact) mass is 302 g/mol. The molecule has 0 heterocycles. The zero-order valence-electron chi connectivity index (χ0n) is 12.4. The molecule has 0 radical (unpaired) electrons. The van der Waals surface area contributed by atoms with Crippen LogP contribution in [0, 0.1) is 13.8 Å². The quantitative estimate of drug-likeness (QED) is 0.888. The van der Waals surface area contributed by atoms with Gasteiger partial charge in [-0.1, -0.05) is 35.4 Å². The van der Waals surface area contributed by atoms with Crippen molar-refractivity contribution in [3.8, 4) is 0 Å². The summed E-state index contributed by atoms with van der Waals surface area (Å²) in [5.74, 6) is -0.464. The van der Waals surface area contributed by atoms with E-state index in [1.165, 1.54) is 16.7 Å².